The first-order chi connectivity index (χ1) is 5.38. The van der Waals surface area contributed by atoms with Crippen LogP contribution in [0.5, 0.6) is 0 Å². The summed E-state index contributed by atoms with van der Waals surface area (Å²) in [4.78, 5) is 11.3. The van der Waals surface area contributed by atoms with Crippen LogP contribution in [0.2, 0.25) is 0 Å². The first-order valence-electron chi connectivity index (χ1n) is 4.08. The molecular formula is C8H12N2O. The third kappa shape index (κ3) is 1.16. The summed E-state index contributed by atoms with van der Waals surface area (Å²) in [7, 11) is 0. The Hall–Kier alpha value is -0.830. The predicted molar refractivity (Wildman–Crippen MR) is 42.1 cm³/mol. The quantitative estimate of drug-likeness (QED) is 0.504. The van der Waals surface area contributed by atoms with E-state index in [4.69, 9.17) is 0 Å². The van der Waals surface area contributed by atoms with Crippen LogP contribution < -0.4 is 10.6 Å². The maximum atomic E-state index is 11.3. The summed E-state index contributed by atoms with van der Waals surface area (Å²) in [6.07, 6.45) is 2.17. The molecule has 2 rings (SSSR count). The van der Waals surface area contributed by atoms with Crippen LogP contribution in [0.15, 0.2) is 11.1 Å². The lowest BCUT2D eigenvalue weighted by atomic mass is 10.1. The van der Waals surface area contributed by atoms with E-state index in [1.807, 2.05) is 0 Å². The molecule has 0 saturated heterocycles. The van der Waals surface area contributed by atoms with Crippen molar-refractivity contribution in [2.75, 3.05) is 19.6 Å². The van der Waals surface area contributed by atoms with E-state index in [9.17, 15) is 4.79 Å². The molecule has 3 heteroatoms. The van der Waals surface area contributed by atoms with Gasteiger partial charge in [0.25, 0.3) is 0 Å². The second-order valence-corrected chi connectivity index (χ2v) is 3.05. The van der Waals surface area contributed by atoms with Gasteiger partial charge in [-0.3, -0.25) is 4.79 Å². The minimum atomic E-state index is 0.141. The van der Waals surface area contributed by atoms with Gasteiger partial charge in [0.1, 0.15) is 0 Å². The summed E-state index contributed by atoms with van der Waals surface area (Å²) in [6.45, 7) is 2.52. The normalized spacial score (nSPS) is 24.5. The van der Waals surface area contributed by atoms with Gasteiger partial charge in [-0.15, -0.1) is 0 Å². The zero-order valence-corrected chi connectivity index (χ0v) is 6.44. The Labute approximate surface area is 65.9 Å². The fourth-order valence-electron chi connectivity index (χ4n) is 1.66. The number of rotatable bonds is 0. The summed E-state index contributed by atoms with van der Waals surface area (Å²) in [5.41, 5.74) is 2.31. The average molecular weight is 152 g/mol. The van der Waals surface area contributed by atoms with Crippen molar-refractivity contribution in [3.63, 3.8) is 0 Å². The van der Waals surface area contributed by atoms with E-state index < -0.39 is 0 Å². The third-order valence-electron chi connectivity index (χ3n) is 2.28. The molecule has 0 saturated carbocycles. The van der Waals surface area contributed by atoms with Gasteiger partial charge in [0.15, 0.2) is 0 Å². The number of hydrogen-bond donors (Lipinski definition) is 2. The third-order valence-corrected chi connectivity index (χ3v) is 2.28. The van der Waals surface area contributed by atoms with E-state index in [1.165, 1.54) is 5.57 Å². The van der Waals surface area contributed by atoms with Crippen molar-refractivity contribution >= 4 is 5.91 Å². The molecule has 0 aromatic rings. The van der Waals surface area contributed by atoms with E-state index in [0.29, 0.717) is 0 Å². The molecule has 2 heterocycles. The van der Waals surface area contributed by atoms with Crippen LogP contribution >= 0.6 is 0 Å². The van der Waals surface area contributed by atoms with Crippen molar-refractivity contribution in [1.29, 1.82) is 0 Å². The van der Waals surface area contributed by atoms with Gasteiger partial charge in [-0.25, -0.2) is 0 Å². The van der Waals surface area contributed by atoms with Crippen LogP contribution in [0.3, 0.4) is 0 Å². The standard InChI is InChI=1S/C8H12N2O/c11-8-7-5-9-4-6(7)2-1-3-10-8/h9H,1-5H2,(H,10,11). The maximum absolute atomic E-state index is 11.3. The topological polar surface area (TPSA) is 41.1 Å². The SMILES string of the molecule is O=C1NCCCC2=C1CNC2. The minimum absolute atomic E-state index is 0.141. The summed E-state index contributed by atoms with van der Waals surface area (Å²) in [5, 5.41) is 6.07. The number of nitrogens with one attached hydrogen (secondary N) is 2. The summed E-state index contributed by atoms with van der Waals surface area (Å²) in [6, 6.07) is 0. The first kappa shape index (κ1) is 6.85. The number of carbonyl (C=O) groups is 1. The van der Waals surface area contributed by atoms with E-state index in [-0.39, 0.29) is 5.91 Å². The number of hydrogen-bond acceptors (Lipinski definition) is 2. The molecule has 2 aliphatic heterocycles. The van der Waals surface area contributed by atoms with Crippen molar-refractivity contribution in [2.24, 2.45) is 0 Å². The van der Waals surface area contributed by atoms with Crippen molar-refractivity contribution in [3.8, 4) is 0 Å². The van der Waals surface area contributed by atoms with Crippen LogP contribution in [0.25, 0.3) is 0 Å². The van der Waals surface area contributed by atoms with Crippen molar-refractivity contribution in [1.82, 2.24) is 10.6 Å². The van der Waals surface area contributed by atoms with Gasteiger partial charge in [-0.1, -0.05) is 0 Å². The molecule has 1 amide bonds. The first-order valence-corrected chi connectivity index (χ1v) is 4.08. The second-order valence-electron chi connectivity index (χ2n) is 3.05. The van der Waals surface area contributed by atoms with Crippen molar-refractivity contribution in [2.45, 2.75) is 12.8 Å². The smallest absolute Gasteiger partial charge is 0.248 e. The van der Waals surface area contributed by atoms with Crippen molar-refractivity contribution in [3.05, 3.63) is 11.1 Å². The lowest BCUT2D eigenvalue weighted by Crippen LogP contribution is -2.26. The van der Waals surface area contributed by atoms with E-state index in [1.54, 1.807) is 0 Å². The molecule has 2 aliphatic rings. The molecule has 0 atom stereocenters. The molecule has 0 bridgehead atoms. The predicted octanol–water partition coefficient (Wildman–Crippen LogP) is -0.204. The van der Waals surface area contributed by atoms with Crippen LogP contribution in [0.4, 0.5) is 0 Å². The van der Waals surface area contributed by atoms with Crippen LogP contribution in [-0.4, -0.2) is 25.5 Å². The molecule has 0 unspecified atom stereocenters. The van der Waals surface area contributed by atoms with Gasteiger partial charge in [-0.05, 0) is 18.4 Å². The molecule has 11 heavy (non-hydrogen) atoms. The molecule has 2 N–H and O–H groups in total. The van der Waals surface area contributed by atoms with Gasteiger partial charge < -0.3 is 10.6 Å². The number of amides is 1. The molecule has 3 nitrogen and oxygen atoms in total. The Balaban J connectivity index is 2.25. The molecule has 60 valence electrons. The van der Waals surface area contributed by atoms with Gasteiger partial charge in [-0.2, -0.15) is 0 Å². The fraction of sp³-hybridized carbons (Fsp3) is 0.625. The van der Waals surface area contributed by atoms with Gasteiger partial charge in [0, 0.05) is 25.2 Å². The maximum Gasteiger partial charge on any atom is 0.248 e. The summed E-state index contributed by atoms with van der Waals surface area (Å²) < 4.78 is 0. The monoisotopic (exact) mass is 152 g/mol. The molecule has 0 aliphatic carbocycles. The summed E-state index contributed by atoms with van der Waals surface area (Å²) >= 11 is 0. The Kier molecular flexibility index (Phi) is 1.66. The second kappa shape index (κ2) is 2.66. The van der Waals surface area contributed by atoms with Gasteiger partial charge in [0.2, 0.25) is 5.91 Å². The average Bonchev–Trinajstić information content (AvgIpc) is 2.40. The van der Waals surface area contributed by atoms with Crippen molar-refractivity contribution < 1.29 is 4.79 Å². The van der Waals surface area contributed by atoms with E-state index >= 15 is 0 Å². The molecular weight excluding hydrogens is 140 g/mol. The Morgan fingerprint density at radius 1 is 1.27 bits per heavy atom. The minimum Gasteiger partial charge on any atom is -0.352 e. The Morgan fingerprint density at radius 2 is 2.18 bits per heavy atom. The lowest BCUT2D eigenvalue weighted by Gasteiger charge is -2.00. The lowest BCUT2D eigenvalue weighted by molar-refractivity contribution is -0.117. The summed E-state index contributed by atoms with van der Waals surface area (Å²) in [5.74, 6) is 0.141. The Bertz CT molecular complexity index is 220. The largest absolute Gasteiger partial charge is 0.352 e. The highest BCUT2D eigenvalue weighted by Gasteiger charge is 2.21. The highest BCUT2D eigenvalue weighted by molar-refractivity contribution is 5.95. The molecule has 0 spiro atoms. The molecule has 0 aromatic carbocycles. The van der Waals surface area contributed by atoms with E-state index in [0.717, 1.165) is 38.0 Å². The molecule has 0 radical (unpaired) electrons. The van der Waals surface area contributed by atoms with Crippen LogP contribution in [0.1, 0.15) is 12.8 Å². The molecule has 0 aromatic heterocycles. The highest BCUT2D eigenvalue weighted by Crippen LogP contribution is 2.17. The Morgan fingerprint density at radius 3 is 3.09 bits per heavy atom. The fourth-order valence-corrected chi connectivity index (χ4v) is 1.66. The van der Waals surface area contributed by atoms with Crippen LogP contribution in [0, 0.1) is 0 Å². The zero-order chi connectivity index (χ0) is 7.68. The highest BCUT2D eigenvalue weighted by atomic mass is 16.1. The molecule has 0 fully saturated rings. The van der Waals surface area contributed by atoms with Crippen LogP contribution in [-0.2, 0) is 4.79 Å². The van der Waals surface area contributed by atoms with E-state index in [2.05, 4.69) is 10.6 Å². The van der Waals surface area contributed by atoms with Gasteiger partial charge >= 0.3 is 0 Å². The zero-order valence-electron chi connectivity index (χ0n) is 6.44. The number of carbonyl (C=O) groups excluding carboxylic acids is 1. The van der Waals surface area contributed by atoms with Gasteiger partial charge in [0.05, 0.1) is 0 Å².